The van der Waals surface area contributed by atoms with Crippen molar-refractivity contribution in [2.24, 2.45) is 5.73 Å². The fraction of sp³-hybridized carbons (Fsp3) is 0.364. The van der Waals surface area contributed by atoms with Gasteiger partial charge in [0.25, 0.3) is 0 Å². The Labute approximate surface area is 102 Å². The van der Waals surface area contributed by atoms with Gasteiger partial charge in [-0.15, -0.1) is 0 Å². The number of benzene rings is 1. The van der Waals surface area contributed by atoms with E-state index in [0.717, 1.165) is 12.1 Å². The van der Waals surface area contributed by atoms with Gasteiger partial charge in [0.15, 0.2) is 0 Å². The number of carboxylic acids is 1. The van der Waals surface area contributed by atoms with Crippen LogP contribution in [0.4, 0.5) is 18.9 Å². The van der Waals surface area contributed by atoms with Crippen LogP contribution < -0.4 is 10.6 Å². The molecule has 100 valence electrons. The van der Waals surface area contributed by atoms with Crippen LogP contribution in [-0.4, -0.2) is 25.2 Å². The number of halogens is 3. The predicted octanol–water partition coefficient (Wildman–Crippen LogP) is 1.86. The van der Waals surface area contributed by atoms with Crippen molar-refractivity contribution in [3.05, 3.63) is 29.3 Å². The first-order chi connectivity index (χ1) is 8.14. The van der Waals surface area contributed by atoms with Crippen LogP contribution in [0.25, 0.3) is 0 Å². The molecular formula is C11H13F3N2O2. The maximum atomic E-state index is 12.6. The van der Waals surface area contributed by atoms with Crippen molar-refractivity contribution in [1.82, 2.24) is 0 Å². The van der Waals surface area contributed by atoms with Crippen molar-refractivity contribution in [2.75, 3.05) is 19.0 Å². The molecule has 0 saturated carbocycles. The summed E-state index contributed by atoms with van der Waals surface area (Å²) in [4.78, 5) is 12.3. The van der Waals surface area contributed by atoms with E-state index in [2.05, 4.69) is 0 Å². The van der Waals surface area contributed by atoms with Crippen molar-refractivity contribution >= 4 is 11.7 Å². The summed E-state index contributed by atoms with van der Waals surface area (Å²) in [7, 11) is 3.20. The molecule has 1 atom stereocenters. The third-order valence-corrected chi connectivity index (χ3v) is 2.44. The second-order valence-corrected chi connectivity index (χ2v) is 3.98. The average molecular weight is 262 g/mol. The first-order valence-electron chi connectivity index (χ1n) is 5.01. The lowest BCUT2D eigenvalue weighted by Gasteiger charge is -2.21. The molecule has 0 aliphatic carbocycles. The zero-order chi connectivity index (χ0) is 14.1. The van der Waals surface area contributed by atoms with E-state index in [1.54, 1.807) is 14.1 Å². The molecule has 1 rings (SSSR count). The summed E-state index contributed by atoms with van der Waals surface area (Å²) >= 11 is 0. The zero-order valence-corrected chi connectivity index (χ0v) is 9.82. The van der Waals surface area contributed by atoms with Gasteiger partial charge in [0.2, 0.25) is 0 Å². The van der Waals surface area contributed by atoms with E-state index >= 15 is 0 Å². The first-order valence-corrected chi connectivity index (χ1v) is 5.01. The Bertz CT molecular complexity index is 458. The number of alkyl halides is 3. The maximum absolute atomic E-state index is 12.6. The summed E-state index contributed by atoms with van der Waals surface area (Å²) in [6.07, 6.45) is -4.53. The highest BCUT2D eigenvalue weighted by molar-refractivity contribution is 5.78. The second kappa shape index (κ2) is 4.85. The van der Waals surface area contributed by atoms with E-state index in [-0.39, 0.29) is 5.56 Å². The molecule has 18 heavy (non-hydrogen) atoms. The summed E-state index contributed by atoms with van der Waals surface area (Å²) < 4.78 is 37.7. The number of hydrogen-bond donors (Lipinski definition) is 2. The molecule has 0 fully saturated rings. The Balaban J connectivity index is 3.38. The molecule has 0 radical (unpaired) electrons. The van der Waals surface area contributed by atoms with Crippen molar-refractivity contribution in [3.8, 4) is 0 Å². The number of carbonyl (C=O) groups is 1. The molecule has 0 spiro atoms. The van der Waals surface area contributed by atoms with E-state index in [0.29, 0.717) is 5.69 Å². The van der Waals surface area contributed by atoms with Gasteiger partial charge >= 0.3 is 12.1 Å². The summed E-state index contributed by atoms with van der Waals surface area (Å²) in [5, 5.41) is 8.81. The van der Waals surface area contributed by atoms with Gasteiger partial charge < -0.3 is 15.7 Å². The molecular weight excluding hydrogens is 249 g/mol. The molecule has 0 heterocycles. The highest BCUT2D eigenvalue weighted by Crippen LogP contribution is 2.34. The smallest absolute Gasteiger partial charge is 0.416 e. The average Bonchev–Trinajstić information content (AvgIpc) is 2.25. The minimum atomic E-state index is -4.53. The van der Waals surface area contributed by atoms with E-state index in [9.17, 15) is 18.0 Å². The van der Waals surface area contributed by atoms with Crippen LogP contribution in [-0.2, 0) is 11.0 Å². The van der Waals surface area contributed by atoms with E-state index < -0.39 is 23.8 Å². The van der Waals surface area contributed by atoms with Crippen molar-refractivity contribution in [1.29, 1.82) is 0 Å². The number of nitrogens with two attached hydrogens (primary N) is 1. The largest absolute Gasteiger partial charge is 0.480 e. The van der Waals surface area contributed by atoms with Crippen molar-refractivity contribution in [3.63, 3.8) is 0 Å². The monoisotopic (exact) mass is 262 g/mol. The first kappa shape index (κ1) is 14.3. The molecule has 1 aromatic rings. The van der Waals surface area contributed by atoms with Crippen LogP contribution in [0.15, 0.2) is 18.2 Å². The van der Waals surface area contributed by atoms with Gasteiger partial charge in [-0.2, -0.15) is 13.2 Å². The number of carboxylic acid groups (broad SMARTS) is 1. The minimum Gasteiger partial charge on any atom is -0.480 e. The molecule has 0 aliphatic heterocycles. The lowest BCUT2D eigenvalue weighted by atomic mass is 10.0. The third-order valence-electron chi connectivity index (χ3n) is 2.44. The van der Waals surface area contributed by atoms with E-state index in [1.807, 2.05) is 0 Å². The molecule has 0 amide bonds. The van der Waals surface area contributed by atoms with Crippen LogP contribution in [0.3, 0.4) is 0 Å². The highest BCUT2D eigenvalue weighted by Gasteiger charge is 2.32. The molecule has 7 heteroatoms. The molecule has 3 N–H and O–H groups in total. The quantitative estimate of drug-likeness (QED) is 0.872. The Morgan fingerprint density at radius 3 is 2.33 bits per heavy atom. The standard InChI is InChI=1S/C11H13F3N2O2/c1-16(2)8-4-3-6(11(12,13)14)5-7(8)9(15)10(17)18/h3-5,9H,15H2,1-2H3,(H,17,18). The SMILES string of the molecule is CN(C)c1ccc(C(F)(F)F)cc1C(N)C(=O)O. The number of aliphatic carboxylic acids is 1. The van der Waals surface area contributed by atoms with Gasteiger partial charge in [0.1, 0.15) is 6.04 Å². The molecule has 0 aliphatic rings. The van der Waals surface area contributed by atoms with E-state index in [1.165, 1.54) is 11.0 Å². The van der Waals surface area contributed by atoms with Crippen LogP contribution in [0, 0.1) is 0 Å². The molecule has 0 aromatic heterocycles. The Kier molecular flexibility index (Phi) is 3.85. The van der Waals surface area contributed by atoms with Gasteiger partial charge in [-0.3, -0.25) is 4.79 Å². The summed E-state index contributed by atoms with van der Waals surface area (Å²) in [6, 6.07) is 1.38. The normalized spacial score (nSPS) is 13.2. The lowest BCUT2D eigenvalue weighted by molar-refractivity contribution is -0.140. The van der Waals surface area contributed by atoms with Crippen LogP contribution in [0.1, 0.15) is 17.2 Å². The van der Waals surface area contributed by atoms with Crippen molar-refractivity contribution in [2.45, 2.75) is 12.2 Å². The van der Waals surface area contributed by atoms with Crippen LogP contribution in [0.2, 0.25) is 0 Å². The number of hydrogen-bond acceptors (Lipinski definition) is 3. The lowest BCUT2D eigenvalue weighted by Crippen LogP contribution is -2.24. The van der Waals surface area contributed by atoms with Crippen LogP contribution in [0.5, 0.6) is 0 Å². The molecule has 0 bridgehead atoms. The van der Waals surface area contributed by atoms with Crippen molar-refractivity contribution < 1.29 is 23.1 Å². The highest BCUT2D eigenvalue weighted by atomic mass is 19.4. The third kappa shape index (κ3) is 2.92. The topological polar surface area (TPSA) is 66.6 Å². The number of rotatable bonds is 3. The maximum Gasteiger partial charge on any atom is 0.416 e. The van der Waals surface area contributed by atoms with Gasteiger partial charge in [-0.25, -0.2) is 0 Å². The van der Waals surface area contributed by atoms with E-state index in [4.69, 9.17) is 10.8 Å². The number of anilines is 1. The number of nitrogens with zero attached hydrogens (tertiary/aromatic N) is 1. The molecule has 0 saturated heterocycles. The zero-order valence-electron chi connectivity index (χ0n) is 9.82. The van der Waals surface area contributed by atoms with Gasteiger partial charge in [-0.1, -0.05) is 0 Å². The van der Waals surface area contributed by atoms with Crippen LogP contribution >= 0.6 is 0 Å². The Morgan fingerprint density at radius 1 is 1.39 bits per heavy atom. The Hall–Kier alpha value is -1.76. The second-order valence-electron chi connectivity index (χ2n) is 3.98. The van der Waals surface area contributed by atoms with Gasteiger partial charge in [-0.05, 0) is 18.2 Å². The van der Waals surface area contributed by atoms with Gasteiger partial charge in [0, 0.05) is 25.3 Å². The summed E-state index contributed by atoms with van der Waals surface area (Å²) in [5.41, 5.74) is 4.76. The minimum absolute atomic E-state index is 0.0673. The Morgan fingerprint density at radius 2 is 1.94 bits per heavy atom. The summed E-state index contributed by atoms with van der Waals surface area (Å²) in [6.45, 7) is 0. The fourth-order valence-corrected chi connectivity index (χ4v) is 1.52. The van der Waals surface area contributed by atoms with Gasteiger partial charge in [0.05, 0.1) is 5.56 Å². The molecule has 1 aromatic carbocycles. The predicted molar refractivity (Wildman–Crippen MR) is 60.3 cm³/mol. The summed E-state index contributed by atoms with van der Waals surface area (Å²) in [5.74, 6) is -1.38. The fourth-order valence-electron chi connectivity index (χ4n) is 1.52. The molecule has 1 unspecified atom stereocenters. The molecule has 4 nitrogen and oxygen atoms in total.